The molecule has 0 amide bonds. The molecule has 0 saturated heterocycles. The van der Waals surface area contributed by atoms with Gasteiger partial charge in [0.2, 0.25) is 0 Å². The second-order valence-corrected chi connectivity index (χ2v) is 5.38. The van der Waals surface area contributed by atoms with Crippen LogP contribution in [0.5, 0.6) is 0 Å². The molecule has 114 valence electrons. The van der Waals surface area contributed by atoms with Crippen molar-refractivity contribution in [1.82, 2.24) is 0 Å². The van der Waals surface area contributed by atoms with Gasteiger partial charge in [0.1, 0.15) is 12.2 Å². The lowest BCUT2D eigenvalue weighted by Crippen LogP contribution is -1.97. The quantitative estimate of drug-likeness (QED) is 0.657. The maximum Gasteiger partial charge on any atom is 0.140 e. The largest absolute Gasteiger partial charge is 0.376 e. The first kappa shape index (κ1) is 17.8. The summed E-state index contributed by atoms with van der Waals surface area (Å²) >= 11 is 0. The molecule has 0 heterocycles. The normalized spacial score (nSPS) is 12.2. The molecular weight excluding hydrogens is 272 g/mol. The molecule has 0 saturated carbocycles. The Morgan fingerprint density at radius 1 is 0.864 bits per heavy atom. The molecule has 1 rings (SSSR count). The molecule has 0 spiro atoms. The van der Waals surface area contributed by atoms with Gasteiger partial charge in [0.05, 0.1) is 0 Å². The van der Waals surface area contributed by atoms with E-state index in [4.69, 9.17) is 0 Å². The standard InChI is InChI=1S/C20H22O2/c1-15(2)7-5-9-19(21)17-11-13-18(14-12-17)20(22)10-6-8-16(3)4/h11-14,19-22H,1,3,7-8H2,2,4H3. The first-order valence-corrected chi connectivity index (χ1v) is 7.11. The topological polar surface area (TPSA) is 40.5 Å². The fourth-order valence-corrected chi connectivity index (χ4v) is 1.62. The maximum absolute atomic E-state index is 9.96. The van der Waals surface area contributed by atoms with Gasteiger partial charge in [-0.1, -0.05) is 72.3 Å². The average molecular weight is 294 g/mol. The van der Waals surface area contributed by atoms with E-state index >= 15 is 0 Å². The van der Waals surface area contributed by atoms with Crippen molar-refractivity contribution >= 4 is 0 Å². The van der Waals surface area contributed by atoms with Crippen LogP contribution in [0.4, 0.5) is 0 Å². The number of hydrogen-bond donors (Lipinski definition) is 2. The third-order valence-corrected chi connectivity index (χ3v) is 2.83. The molecule has 0 fully saturated rings. The number of aliphatic hydroxyl groups is 2. The predicted octanol–water partition coefficient (Wildman–Crippen LogP) is 3.69. The van der Waals surface area contributed by atoms with Crippen LogP contribution in [0.15, 0.2) is 48.6 Å². The van der Waals surface area contributed by atoms with Crippen molar-refractivity contribution in [1.29, 1.82) is 0 Å². The smallest absolute Gasteiger partial charge is 0.140 e. The molecule has 2 N–H and O–H groups in total. The lowest BCUT2D eigenvalue weighted by atomic mass is 10.0. The molecule has 0 aliphatic carbocycles. The van der Waals surface area contributed by atoms with E-state index in [0.717, 1.165) is 11.1 Å². The number of benzene rings is 1. The Morgan fingerprint density at radius 3 is 1.45 bits per heavy atom. The number of rotatable bonds is 4. The monoisotopic (exact) mass is 294 g/mol. The third-order valence-electron chi connectivity index (χ3n) is 2.83. The van der Waals surface area contributed by atoms with Crippen molar-refractivity contribution in [3.8, 4) is 23.7 Å². The molecule has 1 aromatic rings. The van der Waals surface area contributed by atoms with E-state index in [1.807, 2.05) is 13.8 Å². The average Bonchev–Trinajstić information content (AvgIpc) is 2.46. The molecule has 22 heavy (non-hydrogen) atoms. The lowest BCUT2D eigenvalue weighted by Gasteiger charge is -2.07. The summed E-state index contributed by atoms with van der Waals surface area (Å²) in [6.07, 6.45) is -0.515. The SMILES string of the molecule is C=C(C)CC#CC(O)c1ccc(C(O)C#CCC(=C)C)cc1. The van der Waals surface area contributed by atoms with Crippen LogP contribution in [0.1, 0.15) is 50.0 Å². The van der Waals surface area contributed by atoms with Crippen molar-refractivity contribution in [2.75, 3.05) is 0 Å². The molecular formula is C20H22O2. The molecule has 0 aromatic heterocycles. The van der Waals surface area contributed by atoms with Gasteiger partial charge in [-0.15, -0.1) is 0 Å². The summed E-state index contributed by atoms with van der Waals surface area (Å²) in [7, 11) is 0. The van der Waals surface area contributed by atoms with E-state index in [0.29, 0.717) is 24.0 Å². The molecule has 0 aliphatic rings. The highest BCUT2D eigenvalue weighted by molar-refractivity contribution is 5.32. The second kappa shape index (κ2) is 8.90. The van der Waals surface area contributed by atoms with Gasteiger partial charge in [0.15, 0.2) is 0 Å². The highest BCUT2D eigenvalue weighted by atomic mass is 16.3. The van der Waals surface area contributed by atoms with Gasteiger partial charge in [-0.05, 0) is 25.0 Å². The van der Waals surface area contributed by atoms with Crippen molar-refractivity contribution < 1.29 is 10.2 Å². The highest BCUT2D eigenvalue weighted by Crippen LogP contribution is 2.17. The van der Waals surface area contributed by atoms with Crippen LogP contribution in [0.25, 0.3) is 0 Å². The van der Waals surface area contributed by atoms with Gasteiger partial charge in [0.25, 0.3) is 0 Å². The van der Waals surface area contributed by atoms with Crippen LogP contribution in [0.2, 0.25) is 0 Å². The molecule has 2 atom stereocenters. The van der Waals surface area contributed by atoms with E-state index in [1.165, 1.54) is 0 Å². The highest BCUT2D eigenvalue weighted by Gasteiger charge is 2.06. The van der Waals surface area contributed by atoms with Crippen molar-refractivity contribution in [3.63, 3.8) is 0 Å². The molecule has 2 nitrogen and oxygen atoms in total. The van der Waals surface area contributed by atoms with E-state index in [1.54, 1.807) is 24.3 Å². The van der Waals surface area contributed by atoms with Crippen molar-refractivity contribution in [3.05, 3.63) is 59.7 Å². The Labute approximate surface area is 133 Å². The van der Waals surface area contributed by atoms with E-state index in [-0.39, 0.29) is 0 Å². The summed E-state index contributed by atoms with van der Waals surface area (Å²) in [6.45, 7) is 11.3. The van der Waals surface area contributed by atoms with Gasteiger partial charge >= 0.3 is 0 Å². The predicted molar refractivity (Wildman–Crippen MR) is 90.8 cm³/mol. The third kappa shape index (κ3) is 6.46. The number of allylic oxidation sites excluding steroid dienone is 2. The zero-order chi connectivity index (χ0) is 16.5. The van der Waals surface area contributed by atoms with Crippen molar-refractivity contribution in [2.24, 2.45) is 0 Å². The zero-order valence-electron chi connectivity index (χ0n) is 13.2. The Hall–Kier alpha value is -2.26. The molecule has 1 aromatic carbocycles. The van der Waals surface area contributed by atoms with Gasteiger partial charge in [0, 0.05) is 12.8 Å². The summed E-state index contributed by atoms with van der Waals surface area (Å²) in [5.41, 5.74) is 3.32. The Kier molecular flexibility index (Phi) is 7.20. The molecule has 0 aliphatic heterocycles. The molecule has 2 heteroatoms. The Balaban J connectivity index is 2.72. The zero-order valence-corrected chi connectivity index (χ0v) is 13.2. The Bertz CT molecular complexity index is 586. The van der Waals surface area contributed by atoms with Gasteiger partial charge < -0.3 is 10.2 Å². The first-order chi connectivity index (χ1) is 10.4. The van der Waals surface area contributed by atoms with Crippen LogP contribution in [0.3, 0.4) is 0 Å². The minimum atomic E-state index is -0.833. The lowest BCUT2D eigenvalue weighted by molar-refractivity contribution is 0.234. The fourth-order valence-electron chi connectivity index (χ4n) is 1.62. The summed E-state index contributed by atoms with van der Waals surface area (Å²) in [5, 5.41) is 19.9. The first-order valence-electron chi connectivity index (χ1n) is 7.11. The summed E-state index contributed by atoms with van der Waals surface area (Å²) in [4.78, 5) is 0. The van der Waals surface area contributed by atoms with Crippen molar-refractivity contribution in [2.45, 2.75) is 38.9 Å². The van der Waals surface area contributed by atoms with Crippen LogP contribution < -0.4 is 0 Å². The number of hydrogen-bond acceptors (Lipinski definition) is 2. The minimum Gasteiger partial charge on any atom is -0.376 e. The van der Waals surface area contributed by atoms with Gasteiger partial charge in [-0.25, -0.2) is 0 Å². The van der Waals surface area contributed by atoms with Crippen LogP contribution in [-0.4, -0.2) is 10.2 Å². The number of aliphatic hydroxyl groups excluding tert-OH is 2. The van der Waals surface area contributed by atoms with Gasteiger partial charge in [-0.3, -0.25) is 0 Å². The van der Waals surface area contributed by atoms with Crippen LogP contribution >= 0.6 is 0 Å². The van der Waals surface area contributed by atoms with E-state index in [9.17, 15) is 10.2 Å². The fraction of sp³-hybridized carbons (Fsp3) is 0.300. The molecule has 2 unspecified atom stereocenters. The molecule has 0 bridgehead atoms. The second-order valence-electron chi connectivity index (χ2n) is 5.38. The van der Waals surface area contributed by atoms with E-state index < -0.39 is 12.2 Å². The van der Waals surface area contributed by atoms with E-state index in [2.05, 4.69) is 36.8 Å². The minimum absolute atomic E-state index is 0.576. The van der Waals surface area contributed by atoms with Crippen LogP contribution in [0, 0.1) is 23.7 Å². The maximum atomic E-state index is 9.96. The van der Waals surface area contributed by atoms with Crippen LogP contribution in [-0.2, 0) is 0 Å². The summed E-state index contributed by atoms with van der Waals surface area (Å²) < 4.78 is 0. The Morgan fingerprint density at radius 2 is 1.18 bits per heavy atom. The summed E-state index contributed by atoms with van der Waals surface area (Å²) in [6, 6.07) is 7.00. The summed E-state index contributed by atoms with van der Waals surface area (Å²) in [5.74, 6) is 11.3. The van der Waals surface area contributed by atoms with Gasteiger partial charge in [-0.2, -0.15) is 0 Å². The molecule has 0 radical (unpaired) electrons.